The van der Waals surface area contributed by atoms with Crippen LogP contribution in [-0.4, -0.2) is 16.0 Å². The minimum atomic E-state index is -0.388. The zero-order valence-corrected chi connectivity index (χ0v) is 17.9. The Morgan fingerprint density at radius 2 is 1.67 bits per heavy atom. The third-order valence-electron chi connectivity index (χ3n) is 5.41. The normalized spacial score (nSPS) is 10.9. The summed E-state index contributed by atoms with van der Waals surface area (Å²) < 4.78 is 19.5. The molecule has 2 aromatic carbocycles. The van der Waals surface area contributed by atoms with Crippen LogP contribution in [0.4, 0.5) is 10.3 Å². The molecule has 0 saturated heterocycles. The second kappa shape index (κ2) is 10.2. The van der Waals surface area contributed by atoms with Gasteiger partial charge in [0.1, 0.15) is 11.5 Å². The highest BCUT2D eigenvalue weighted by Gasteiger charge is 2.22. The highest BCUT2D eigenvalue weighted by Crippen LogP contribution is 2.38. The molecule has 0 aliphatic rings. The summed E-state index contributed by atoms with van der Waals surface area (Å²) in [5.41, 5.74) is 16.3. The van der Waals surface area contributed by atoms with Crippen molar-refractivity contribution in [3.8, 4) is 22.4 Å². The van der Waals surface area contributed by atoms with Gasteiger partial charge in [-0.15, -0.1) is 0 Å². The smallest absolute Gasteiger partial charge is 0.239 e. The lowest BCUT2D eigenvalue weighted by Crippen LogP contribution is -2.13. The van der Waals surface area contributed by atoms with Crippen molar-refractivity contribution < 1.29 is 13.7 Å². The number of nitrogens with one attached hydrogen (secondary N) is 1. The average Bonchev–Trinajstić information content (AvgIpc) is 3.27. The van der Waals surface area contributed by atoms with Gasteiger partial charge in [-0.1, -0.05) is 29.4 Å². The first-order chi connectivity index (χ1) is 16.1. The zero-order chi connectivity index (χ0) is 23.2. The molecular formula is C25H24FN5O2. The lowest BCUT2D eigenvalue weighted by Gasteiger charge is -2.09. The van der Waals surface area contributed by atoms with E-state index in [1.54, 1.807) is 36.7 Å². The van der Waals surface area contributed by atoms with Crippen LogP contribution in [0.25, 0.3) is 22.4 Å². The predicted molar refractivity (Wildman–Crippen MR) is 124 cm³/mol. The van der Waals surface area contributed by atoms with Crippen LogP contribution in [0.3, 0.4) is 0 Å². The van der Waals surface area contributed by atoms with E-state index in [2.05, 4.69) is 15.5 Å². The van der Waals surface area contributed by atoms with E-state index < -0.39 is 0 Å². The Kier molecular flexibility index (Phi) is 6.87. The fraction of sp³-hybridized carbons (Fsp3) is 0.160. The lowest BCUT2D eigenvalue weighted by atomic mass is 10.00. The minimum Gasteiger partial charge on any atom is -0.337 e. The van der Waals surface area contributed by atoms with E-state index in [1.165, 1.54) is 6.07 Å². The summed E-state index contributed by atoms with van der Waals surface area (Å²) in [4.78, 5) is 16.8. The SMILES string of the molecule is NCc1cc(-c2noc(NC(=O)CCc3ccccc3CN)c2-c2ccncc2)ccc1F. The van der Waals surface area contributed by atoms with Crippen LogP contribution in [0.1, 0.15) is 23.1 Å². The van der Waals surface area contributed by atoms with E-state index in [0.717, 1.165) is 16.7 Å². The summed E-state index contributed by atoms with van der Waals surface area (Å²) in [7, 11) is 0. The van der Waals surface area contributed by atoms with E-state index in [9.17, 15) is 9.18 Å². The second-order valence-corrected chi connectivity index (χ2v) is 7.50. The largest absolute Gasteiger partial charge is 0.337 e. The molecule has 2 aromatic heterocycles. The number of nitrogens with two attached hydrogens (primary N) is 2. The van der Waals surface area contributed by atoms with Gasteiger partial charge in [0.25, 0.3) is 0 Å². The van der Waals surface area contributed by atoms with E-state index in [1.807, 2.05) is 24.3 Å². The van der Waals surface area contributed by atoms with Crippen LogP contribution >= 0.6 is 0 Å². The molecule has 0 fully saturated rings. The number of aromatic nitrogens is 2. The zero-order valence-electron chi connectivity index (χ0n) is 17.9. The standard InChI is InChI=1S/C25H24FN5O2/c26-21-7-5-18(13-20(21)15-28)24-23(17-9-11-29-12-10-17)25(33-31-24)30-22(32)8-6-16-3-1-2-4-19(16)14-27/h1-5,7,9-13H,6,8,14-15,27-28H2,(H,30,32). The van der Waals surface area contributed by atoms with Gasteiger partial charge in [-0.05, 0) is 53.4 Å². The van der Waals surface area contributed by atoms with Crippen molar-refractivity contribution in [2.75, 3.05) is 5.32 Å². The number of hydrogen-bond acceptors (Lipinski definition) is 6. The van der Waals surface area contributed by atoms with Crippen molar-refractivity contribution in [1.29, 1.82) is 0 Å². The summed E-state index contributed by atoms with van der Waals surface area (Å²) >= 11 is 0. The predicted octanol–water partition coefficient (Wildman–Crippen LogP) is 4.03. The molecular weight excluding hydrogens is 421 g/mol. The van der Waals surface area contributed by atoms with Gasteiger partial charge in [-0.3, -0.25) is 15.1 Å². The molecule has 33 heavy (non-hydrogen) atoms. The van der Waals surface area contributed by atoms with Crippen LogP contribution in [-0.2, 0) is 24.3 Å². The number of anilines is 1. The van der Waals surface area contributed by atoms with Gasteiger partial charge >= 0.3 is 0 Å². The molecule has 4 aromatic rings. The van der Waals surface area contributed by atoms with Crippen LogP contribution in [0, 0.1) is 5.82 Å². The van der Waals surface area contributed by atoms with Crippen LogP contribution in [0.2, 0.25) is 0 Å². The molecule has 8 heteroatoms. The number of nitrogens with zero attached hydrogens (tertiary/aromatic N) is 2. The average molecular weight is 445 g/mol. The number of carbonyl (C=O) groups excluding carboxylic acids is 1. The number of amides is 1. The van der Waals surface area contributed by atoms with E-state index in [4.69, 9.17) is 16.0 Å². The Bertz CT molecular complexity index is 1260. The van der Waals surface area contributed by atoms with Crippen molar-refractivity contribution >= 4 is 11.8 Å². The highest BCUT2D eigenvalue weighted by atomic mass is 19.1. The maximum absolute atomic E-state index is 14.0. The molecule has 0 saturated carbocycles. The maximum atomic E-state index is 14.0. The second-order valence-electron chi connectivity index (χ2n) is 7.50. The van der Waals surface area contributed by atoms with Gasteiger partial charge in [0.15, 0.2) is 0 Å². The van der Waals surface area contributed by atoms with E-state index in [-0.39, 0.29) is 30.6 Å². The number of pyridine rings is 1. The van der Waals surface area contributed by atoms with Crippen molar-refractivity contribution in [1.82, 2.24) is 10.1 Å². The van der Waals surface area contributed by atoms with Crippen LogP contribution in [0.5, 0.6) is 0 Å². The molecule has 0 bridgehead atoms. The van der Waals surface area contributed by atoms with Gasteiger partial charge in [0.05, 0.1) is 5.56 Å². The first-order valence-corrected chi connectivity index (χ1v) is 10.6. The summed E-state index contributed by atoms with van der Waals surface area (Å²) in [5, 5.41) is 7.01. The Hall–Kier alpha value is -3.88. The number of rotatable bonds is 8. The third-order valence-corrected chi connectivity index (χ3v) is 5.41. The number of benzene rings is 2. The molecule has 0 atom stereocenters. The Balaban J connectivity index is 1.63. The topological polar surface area (TPSA) is 120 Å². The Morgan fingerprint density at radius 1 is 0.939 bits per heavy atom. The van der Waals surface area contributed by atoms with Crippen molar-refractivity contribution in [2.24, 2.45) is 11.5 Å². The van der Waals surface area contributed by atoms with E-state index >= 15 is 0 Å². The third kappa shape index (κ3) is 4.97. The van der Waals surface area contributed by atoms with Gasteiger partial charge in [0, 0.05) is 43.0 Å². The molecule has 0 spiro atoms. The molecule has 0 aliphatic carbocycles. The summed E-state index contributed by atoms with van der Waals surface area (Å²) in [5.74, 6) is -0.394. The molecule has 7 nitrogen and oxygen atoms in total. The molecule has 0 radical (unpaired) electrons. The summed E-state index contributed by atoms with van der Waals surface area (Å²) in [6.45, 7) is 0.466. The minimum absolute atomic E-state index is 0.0516. The fourth-order valence-electron chi connectivity index (χ4n) is 3.68. The lowest BCUT2D eigenvalue weighted by molar-refractivity contribution is -0.116. The van der Waals surface area contributed by atoms with Crippen molar-refractivity contribution in [3.63, 3.8) is 0 Å². The number of aryl methyl sites for hydroxylation is 1. The number of halogens is 1. The van der Waals surface area contributed by atoms with Crippen molar-refractivity contribution in [2.45, 2.75) is 25.9 Å². The molecule has 5 N–H and O–H groups in total. The summed E-state index contributed by atoms with van der Waals surface area (Å²) in [6.07, 6.45) is 4.06. The number of carbonyl (C=O) groups is 1. The number of hydrogen-bond donors (Lipinski definition) is 3. The molecule has 168 valence electrons. The molecule has 0 aliphatic heterocycles. The molecule has 2 heterocycles. The van der Waals surface area contributed by atoms with Crippen LogP contribution < -0.4 is 16.8 Å². The Labute approximate surface area is 190 Å². The first kappa shape index (κ1) is 22.3. The van der Waals surface area contributed by atoms with Crippen LogP contribution in [0.15, 0.2) is 71.5 Å². The fourth-order valence-corrected chi connectivity index (χ4v) is 3.68. The summed E-state index contributed by atoms with van der Waals surface area (Å²) in [6, 6.07) is 15.9. The molecule has 0 unspecified atom stereocenters. The van der Waals surface area contributed by atoms with Gasteiger partial charge < -0.3 is 16.0 Å². The molecule has 4 rings (SSSR count). The first-order valence-electron chi connectivity index (χ1n) is 10.6. The quantitative estimate of drug-likeness (QED) is 0.377. The van der Waals surface area contributed by atoms with Gasteiger partial charge in [-0.25, -0.2) is 4.39 Å². The Morgan fingerprint density at radius 3 is 2.39 bits per heavy atom. The van der Waals surface area contributed by atoms with Gasteiger partial charge in [0.2, 0.25) is 11.8 Å². The maximum Gasteiger partial charge on any atom is 0.239 e. The monoisotopic (exact) mass is 445 g/mol. The molecule has 1 amide bonds. The van der Waals surface area contributed by atoms with Gasteiger partial charge in [-0.2, -0.15) is 0 Å². The highest BCUT2D eigenvalue weighted by molar-refractivity contribution is 5.97. The van der Waals surface area contributed by atoms with Crippen molar-refractivity contribution in [3.05, 3.63) is 89.5 Å². The van der Waals surface area contributed by atoms with E-state index in [0.29, 0.717) is 35.3 Å².